The Kier molecular flexibility index (Phi) is 5.65. The van der Waals surface area contributed by atoms with Crippen molar-refractivity contribution in [3.8, 4) is 0 Å². The summed E-state index contributed by atoms with van der Waals surface area (Å²) in [6, 6.07) is 0.375. The van der Waals surface area contributed by atoms with Crippen LogP contribution in [0.4, 0.5) is 4.79 Å². The van der Waals surface area contributed by atoms with E-state index in [4.69, 9.17) is 4.74 Å². The maximum Gasteiger partial charge on any atom is 0.407 e. The van der Waals surface area contributed by atoms with E-state index in [-0.39, 0.29) is 6.09 Å². The molecule has 0 aliphatic heterocycles. The van der Waals surface area contributed by atoms with Gasteiger partial charge in [-0.2, -0.15) is 0 Å². The maximum absolute atomic E-state index is 11.3. The van der Waals surface area contributed by atoms with E-state index in [2.05, 4.69) is 24.5 Å². The number of hydrogen-bond donors (Lipinski definition) is 2. The third-order valence-electron chi connectivity index (χ3n) is 2.28. The van der Waals surface area contributed by atoms with Gasteiger partial charge in [-0.1, -0.05) is 6.92 Å². The molecule has 4 nitrogen and oxygen atoms in total. The largest absolute Gasteiger partial charge is 0.444 e. The normalized spacial score (nSPS) is 15.6. The van der Waals surface area contributed by atoms with Crippen molar-refractivity contribution >= 4 is 6.09 Å². The second kappa shape index (κ2) is 5.95. The van der Waals surface area contributed by atoms with Crippen LogP contribution in [0.2, 0.25) is 0 Å². The molecule has 0 radical (unpaired) electrons. The molecule has 0 aromatic heterocycles. The van der Waals surface area contributed by atoms with Crippen molar-refractivity contribution in [3.63, 3.8) is 0 Å². The van der Waals surface area contributed by atoms with Gasteiger partial charge in [-0.3, -0.25) is 0 Å². The first kappa shape index (κ1) is 14.2. The Morgan fingerprint density at radius 3 is 2.27 bits per heavy atom. The van der Waals surface area contributed by atoms with Crippen LogP contribution in [0.5, 0.6) is 0 Å². The van der Waals surface area contributed by atoms with Gasteiger partial charge in [-0.15, -0.1) is 0 Å². The summed E-state index contributed by atoms with van der Waals surface area (Å²) >= 11 is 0. The highest BCUT2D eigenvalue weighted by Gasteiger charge is 2.17. The molecular formula is C11H24N2O2. The van der Waals surface area contributed by atoms with Crippen LogP contribution in [0.25, 0.3) is 0 Å². The van der Waals surface area contributed by atoms with Crippen molar-refractivity contribution in [2.45, 2.75) is 46.3 Å². The van der Waals surface area contributed by atoms with E-state index < -0.39 is 5.60 Å². The second-order valence-corrected chi connectivity index (χ2v) is 4.94. The van der Waals surface area contributed by atoms with Crippen LogP contribution in [0.15, 0.2) is 0 Å². The molecule has 0 saturated carbocycles. The number of amides is 1. The third-order valence-corrected chi connectivity index (χ3v) is 2.28. The van der Waals surface area contributed by atoms with E-state index in [0.29, 0.717) is 18.5 Å². The highest BCUT2D eigenvalue weighted by molar-refractivity contribution is 5.67. The molecule has 0 aliphatic carbocycles. The second-order valence-electron chi connectivity index (χ2n) is 4.94. The lowest BCUT2D eigenvalue weighted by molar-refractivity contribution is 0.0518. The van der Waals surface area contributed by atoms with E-state index in [0.717, 1.165) is 0 Å². The lowest BCUT2D eigenvalue weighted by Gasteiger charge is -2.22. The molecule has 0 aromatic rings. The summed E-state index contributed by atoms with van der Waals surface area (Å²) in [6.45, 7) is 10.3. The molecular weight excluding hydrogens is 192 g/mol. The lowest BCUT2D eigenvalue weighted by atomic mass is 10.0. The lowest BCUT2D eigenvalue weighted by Crippen LogP contribution is -2.39. The zero-order valence-corrected chi connectivity index (χ0v) is 10.7. The van der Waals surface area contributed by atoms with E-state index in [1.54, 1.807) is 0 Å². The Hall–Kier alpha value is -0.770. The molecule has 0 spiro atoms. The first-order valence-electron chi connectivity index (χ1n) is 5.40. The summed E-state index contributed by atoms with van der Waals surface area (Å²) in [5.74, 6) is 0.377. The molecule has 0 aromatic carbocycles. The van der Waals surface area contributed by atoms with E-state index in [1.165, 1.54) is 0 Å². The molecule has 2 unspecified atom stereocenters. The van der Waals surface area contributed by atoms with Gasteiger partial charge in [-0.25, -0.2) is 4.79 Å². The van der Waals surface area contributed by atoms with Gasteiger partial charge < -0.3 is 15.4 Å². The number of ether oxygens (including phenoxy) is 1. The van der Waals surface area contributed by atoms with Gasteiger partial charge in [0.15, 0.2) is 0 Å². The van der Waals surface area contributed by atoms with Gasteiger partial charge in [0.05, 0.1) is 0 Å². The van der Waals surface area contributed by atoms with Gasteiger partial charge in [-0.05, 0) is 40.7 Å². The summed E-state index contributed by atoms with van der Waals surface area (Å²) in [4.78, 5) is 11.3. The highest BCUT2D eigenvalue weighted by Crippen LogP contribution is 2.07. The summed E-state index contributed by atoms with van der Waals surface area (Å²) < 4.78 is 5.13. The molecule has 0 fully saturated rings. The fourth-order valence-electron chi connectivity index (χ4n) is 1.02. The first-order valence-corrected chi connectivity index (χ1v) is 5.40. The van der Waals surface area contributed by atoms with Gasteiger partial charge >= 0.3 is 6.09 Å². The van der Waals surface area contributed by atoms with E-state index >= 15 is 0 Å². The number of carbonyl (C=O) groups excluding carboxylic acids is 1. The molecule has 90 valence electrons. The van der Waals surface area contributed by atoms with E-state index in [1.807, 2.05) is 27.8 Å². The van der Waals surface area contributed by atoms with Crippen LogP contribution in [-0.4, -0.2) is 31.3 Å². The van der Waals surface area contributed by atoms with Gasteiger partial charge in [0.2, 0.25) is 0 Å². The van der Waals surface area contributed by atoms with Gasteiger partial charge in [0.1, 0.15) is 5.60 Å². The average molecular weight is 216 g/mol. The van der Waals surface area contributed by atoms with Crippen molar-refractivity contribution in [1.82, 2.24) is 10.6 Å². The van der Waals surface area contributed by atoms with Gasteiger partial charge in [0.25, 0.3) is 0 Å². The van der Waals surface area contributed by atoms with Crippen molar-refractivity contribution in [3.05, 3.63) is 0 Å². The SMILES string of the molecule is CNC(C)C(C)CNC(=O)OC(C)(C)C. The maximum atomic E-state index is 11.3. The zero-order chi connectivity index (χ0) is 12.1. The van der Waals surface area contributed by atoms with Gasteiger partial charge in [0, 0.05) is 12.6 Å². The number of alkyl carbamates (subject to hydrolysis) is 1. The Labute approximate surface area is 92.8 Å². The van der Waals surface area contributed by atoms with Crippen molar-refractivity contribution < 1.29 is 9.53 Å². The van der Waals surface area contributed by atoms with Crippen molar-refractivity contribution in [2.75, 3.05) is 13.6 Å². The van der Waals surface area contributed by atoms with Crippen LogP contribution in [0.1, 0.15) is 34.6 Å². The number of nitrogens with one attached hydrogen (secondary N) is 2. The minimum Gasteiger partial charge on any atom is -0.444 e. The highest BCUT2D eigenvalue weighted by atomic mass is 16.6. The minimum absolute atomic E-state index is 0.349. The van der Waals surface area contributed by atoms with Crippen LogP contribution < -0.4 is 10.6 Å². The van der Waals surface area contributed by atoms with Crippen molar-refractivity contribution in [1.29, 1.82) is 0 Å². The summed E-state index contributed by atoms with van der Waals surface area (Å²) in [7, 11) is 1.91. The molecule has 0 heterocycles. The molecule has 2 N–H and O–H groups in total. The average Bonchev–Trinajstić information content (AvgIpc) is 2.10. The molecule has 0 aliphatic rings. The standard InChI is InChI=1S/C11H24N2O2/c1-8(9(2)12-6)7-13-10(14)15-11(3,4)5/h8-9,12H,7H2,1-6H3,(H,13,14). The molecule has 0 bridgehead atoms. The number of rotatable bonds is 4. The predicted octanol–water partition coefficient (Wildman–Crippen LogP) is 1.76. The fraction of sp³-hybridized carbons (Fsp3) is 0.909. The number of carbonyl (C=O) groups is 1. The smallest absolute Gasteiger partial charge is 0.407 e. The van der Waals surface area contributed by atoms with E-state index in [9.17, 15) is 4.79 Å². The monoisotopic (exact) mass is 216 g/mol. The molecule has 2 atom stereocenters. The Morgan fingerprint density at radius 1 is 1.33 bits per heavy atom. The number of hydrogen-bond acceptors (Lipinski definition) is 3. The predicted molar refractivity (Wildman–Crippen MR) is 61.9 cm³/mol. The minimum atomic E-state index is -0.429. The summed E-state index contributed by atoms with van der Waals surface area (Å²) in [6.07, 6.45) is -0.349. The summed E-state index contributed by atoms with van der Waals surface area (Å²) in [5, 5.41) is 5.90. The zero-order valence-electron chi connectivity index (χ0n) is 10.7. The third kappa shape index (κ3) is 7.19. The molecule has 0 saturated heterocycles. The molecule has 15 heavy (non-hydrogen) atoms. The Bertz CT molecular complexity index is 199. The van der Waals surface area contributed by atoms with Crippen LogP contribution in [-0.2, 0) is 4.74 Å². The van der Waals surface area contributed by atoms with Crippen LogP contribution >= 0.6 is 0 Å². The fourth-order valence-corrected chi connectivity index (χ4v) is 1.02. The Morgan fingerprint density at radius 2 is 1.87 bits per heavy atom. The molecule has 1 amide bonds. The quantitative estimate of drug-likeness (QED) is 0.753. The van der Waals surface area contributed by atoms with Crippen LogP contribution in [0, 0.1) is 5.92 Å². The topological polar surface area (TPSA) is 50.4 Å². The Balaban J connectivity index is 3.81. The first-order chi connectivity index (χ1) is 6.76. The van der Waals surface area contributed by atoms with Crippen LogP contribution in [0.3, 0.4) is 0 Å². The van der Waals surface area contributed by atoms with Crippen molar-refractivity contribution in [2.24, 2.45) is 5.92 Å². The molecule has 4 heteroatoms. The summed E-state index contributed by atoms with van der Waals surface area (Å²) in [5.41, 5.74) is -0.429. The molecule has 0 rings (SSSR count).